The van der Waals surface area contributed by atoms with Crippen molar-refractivity contribution in [2.24, 2.45) is 0 Å². The highest BCUT2D eigenvalue weighted by molar-refractivity contribution is 6.00. The molecule has 0 atom stereocenters. The summed E-state index contributed by atoms with van der Waals surface area (Å²) in [6, 6.07) is 5.85. The molecule has 0 radical (unpaired) electrons. The fraction of sp³-hybridized carbons (Fsp3) is 0.533. The third-order valence-electron chi connectivity index (χ3n) is 3.78. The van der Waals surface area contributed by atoms with Gasteiger partial charge in [0, 0.05) is 46.1 Å². The van der Waals surface area contributed by atoms with Crippen LogP contribution in [0.25, 0.3) is 0 Å². The number of nitrogens with zero attached hydrogens (tertiary/aromatic N) is 2. The number of nitrogens with two attached hydrogens (primary N) is 1. The molecule has 0 spiro atoms. The maximum Gasteiger partial charge on any atom is 0.255 e. The van der Waals surface area contributed by atoms with E-state index in [1.807, 2.05) is 19.2 Å². The molecule has 1 aliphatic rings. The highest BCUT2D eigenvalue weighted by Crippen LogP contribution is 2.28. The zero-order valence-electron chi connectivity index (χ0n) is 12.4. The van der Waals surface area contributed by atoms with Gasteiger partial charge in [-0.2, -0.15) is 0 Å². The predicted molar refractivity (Wildman–Crippen MR) is 81.1 cm³/mol. The van der Waals surface area contributed by atoms with Gasteiger partial charge in [-0.05, 0) is 31.0 Å². The molecule has 110 valence electrons. The summed E-state index contributed by atoms with van der Waals surface area (Å²) in [6.45, 7) is 1.54. The summed E-state index contributed by atoms with van der Waals surface area (Å²) < 4.78 is 5.40. The summed E-state index contributed by atoms with van der Waals surface area (Å²) in [5.41, 5.74) is 8.16. The third-order valence-corrected chi connectivity index (χ3v) is 3.78. The number of hydrogen-bond donors (Lipinski definition) is 1. The quantitative estimate of drug-likeness (QED) is 0.852. The normalized spacial score (nSPS) is 15.9. The van der Waals surface area contributed by atoms with Crippen LogP contribution in [-0.2, 0) is 4.74 Å². The van der Waals surface area contributed by atoms with E-state index in [1.54, 1.807) is 25.1 Å². The minimum absolute atomic E-state index is 0.00101. The lowest BCUT2D eigenvalue weighted by molar-refractivity contribution is 0.0823. The molecule has 0 unspecified atom stereocenters. The molecule has 1 fully saturated rings. The van der Waals surface area contributed by atoms with Gasteiger partial charge in [-0.25, -0.2) is 0 Å². The summed E-state index contributed by atoms with van der Waals surface area (Å²) >= 11 is 0. The average molecular weight is 277 g/mol. The van der Waals surface area contributed by atoms with E-state index in [4.69, 9.17) is 10.5 Å². The second-order valence-electron chi connectivity index (χ2n) is 5.43. The van der Waals surface area contributed by atoms with Gasteiger partial charge in [0.2, 0.25) is 0 Å². The smallest absolute Gasteiger partial charge is 0.255 e. The summed E-state index contributed by atoms with van der Waals surface area (Å²) in [4.78, 5) is 16.0. The Morgan fingerprint density at radius 3 is 2.50 bits per heavy atom. The topological polar surface area (TPSA) is 58.8 Å². The van der Waals surface area contributed by atoms with Crippen molar-refractivity contribution in [1.29, 1.82) is 0 Å². The van der Waals surface area contributed by atoms with Gasteiger partial charge in [-0.15, -0.1) is 0 Å². The van der Waals surface area contributed by atoms with Crippen LogP contribution in [0.1, 0.15) is 23.2 Å². The number of carbonyl (C=O) groups excluding carboxylic acids is 1. The van der Waals surface area contributed by atoms with E-state index in [9.17, 15) is 4.79 Å². The SMILES string of the molecule is CN(C)C(=O)c1ccc(N)cc1N(C)C1CCOCC1. The summed E-state index contributed by atoms with van der Waals surface area (Å²) in [5, 5.41) is 0. The maximum absolute atomic E-state index is 12.3. The number of rotatable bonds is 3. The standard InChI is InChI=1S/C15H23N3O2/c1-17(2)15(19)13-5-4-11(16)10-14(13)18(3)12-6-8-20-9-7-12/h4-5,10,12H,6-9,16H2,1-3H3. The van der Waals surface area contributed by atoms with E-state index >= 15 is 0 Å². The van der Waals surface area contributed by atoms with Crippen molar-refractivity contribution in [2.75, 3.05) is 45.0 Å². The van der Waals surface area contributed by atoms with E-state index in [0.29, 0.717) is 17.3 Å². The Morgan fingerprint density at radius 1 is 1.25 bits per heavy atom. The molecule has 1 heterocycles. The molecule has 2 N–H and O–H groups in total. The first-order valence-corrected chi connectivity index (χ1v) is 6.92. The molecule has 0 saturated carbocycles. The lowest BCUT2D eigenvalue weighted by Gasteiger charge is -2.34. The van der Waals surface area contributed by atoms with Gasteiger partial charge in [-0.1, -0.05) is 0 Å². The first-order valence-electron chi connectivity index (χ1n) is 6.92. The van der Waals surface area contributed by atoms with Gasteiger partial charge >= 0.3 is 0 Å². The Balaban J connectivity index is 2.33. The van der Waals surface area contributed by atoms with E-state index < -0.39 is 0 Å². The van der Waals surface area contributed by atoms with Gasteiger partial charge in [0.1, 0.15) is 0 Å². The van der Waals surface area contributed by atoms with Gasteiger partial charge < -0.3 is 20.3 Å². The minimum Gasteiger partial charge on any atom is -0.399 e. The second-order valence-corrected chi connectivity index (χ2v) is 5.43. The summed E-state index contributed by atoms with van der Waals surface area (Å²) in [5.74, 6) is -0.00101. The Morgan fingerprint density at radius 2 is 1.90 bits per heavy atom. The molecular weight excluding hydrogens is 254 g/mol. The average Bonchev–Trinajstić information content (AvgIpc) is 2.46. The molecule has 1 saturated heterocycles. The number of ether oxygens (including phenoxy) is 1. The monoisotopic (exact) mass is 277 g/mol. The zero-order valence-corrected chi connectivity index (χ0v) is 12.4. The lowest BCUT2D eigenvalue weighted by Crippen LogP contribution is -2.38. The van der Waals surface area contributed by atoms with E-state index in [0.717, 1.165) is 31.7 Å². The zero-order chi connectivity index (χ0) is 14.7. The molecule has 1 amide bonds. The largest absolute Gasteiger partial charge is 0.399 e. The Labute approximate surface area is 120 Å². The van der Waals surface area contributed by atoms with Gasteiger partial charge in [-0.3, -0.25) is 4.79 Å². The summed E-state index contributed by atoms with van der Waals surface area (Å²) in [7, 11) is 5.55. The molecule has 1 aromatic carbocycles. The van der Waals surface area contributed by atoms with Crippen LogP contribution >= 0.6 is 0 Å². The van der Waals surface area contributed by atoms with Crippen molar-refractivity contribution < 1.29 is 9.53 Å². The fourth-order valence-electron chi connectivity index (χ4n) is 2.53. The first-order chi connectivity index (χ1) is 9.50. The fourth-order valence-corrected chi connectivity index (χ4v) is 2.53. The molecule has 2 rings (SSSR count). The highest BCUT2D eigenvalue weighted by atomic mass is 16.5. The molecule has 0 aromatic heterocycles. The molecule has 5 heteroatoms. The van der Waals surface area contributed by atoms with Crippen LogP contribution in [0, 0.1) is 0 Å². The summed E-state index contributed by atoms with van der Waals surface area (Å²) in [6.07, 6.45) is 1.95. The predicted octanol–water partition coefficient (Wildman–Crippen LogP) is 1.59. The highest BCUT2D eigenvalue weighted by Gasteiger charge is 2.23. The van der Waals surface area contributed by atoms with Crippen LogP contribution in [0.5, 0.6) is 0 Å². The number of hydrogen-bond acceptors (Lipinski definition) is 4. The number of carbonyl (C=O) groups is 1. The van der Waals surface area contributed by atoms with Crippen LogP contribution in [0.2, 0.25) is 0 Å². The molecule has 20 heavy (non-hydrogen) atoms. The van der Waals surface area contributed by atoms with Crippen LogP contribution < -0.4 is 10.6 Å². The number of nitrogen functional groups attached to an aromatic ring is 1. The van der Waals surface area contributed by atoms with E-state index in [1.165, 1.54) is 0 Å². The van der Waals surface area contributed by atoms with Gasteiger partial charge in [0.25, 0.3) is 5.91 Å². The minimum atomic E-state index is -0.00101. The molecule has 0 bridgehead atoms. The van der Waals surface area contributed by atoms with Crippen LogP contribution in [0.3, 0.4) is 0 Å². The molecule has 5 nitrogen and oxygen atoms in total. The second kappa shape index (κ2) is 6.13. The van der Waals surface area contributed by atoms with Crippen molar-refractivity contribution in [3.8, 4) is 0 Å². The van der Waals surface area contributed by atoms with E-state index in [-0.39, 0.29) is 5.91 Å². The number of amides is 1. The molecule has 1 aromatic rings. The lowest BCUT2D eigenvalue weighted by atomic mass is 10.0. The van der Waals surface area contributed by atoms with Crippen molar-refractivity contribution in [2.45, 2.75) is 18.9 Å². The van der Waals surface area contributed by atoms with Crippen molar-refractivity contribution in [3.05, 3.63) is 23.8 Å². The Kier molecular flexibility index (Phi) is 4.49. The Hall–Kier alpha value is -1.75. The van der Waals surface area contributed by atoms with Crippen molar-refractivity contribution in [1.82, 2.24) is 4.90 Å². The number of anilines is 2. The van der Waals surface area contributed by atoms with Crippen LogP contribution in [-0.4, -0.2) is 51.2 Å². The van der Waals surface area contributed by atoms with Crippen molar-refractivity contribution in [3.63, 3.8) is 0 Å². The molecule has 1 aliphatic heterocycles. The first kappa shape index (κ1) is 14.7. The third kappa shape index (κ3) is 3.04. The van der Waals surface area contributed by atoms with E-state index in [2.05, 4.69) is 4.90 Å². The van der Waals surface area contributed by atoms with Crippen molar-refractivity contribution >= 4 is 17.3 Å². The molecule has 0 aliphatic carbocycles. The van der Waals surface area contributed by atoms with Gasteiger partial charge in [0.05, 0.1) is 11.3 Å². The van der Waals surface area contributed by atoms with Crippen LogP contribution in [0.15, 0.2) is 18.2 Å². The van der Waals surface area contributed by atoms with Gasteiger partial charge in [0.15, 0.2) is 0 Å². The van der Waals surface area contributed by atoms with Crippen LogP contribution in [0.4, 0.5) is 11.4 Å². The number of benzene rings is 1. The Bertz CT molecular complexity index is 482. The maximum atomic E-state index is 12.3. The molecular formula is C15H23N3O2.